The van der Waals surface area contributed by atoms with Crippen molar-refractivity contribution in [2.24, 2.45) is 0 Å². The molecular formula is C13H16N4O2S. The molecular weight excluding hydrogens is 276 g/mol. The quantitative estimate of drug-likeness (QED) is 0.907. The molecule has 20 heavy (non-hydrogen) atoms. The summed E-state index contributed by atoms with van der Waals surface area (Å²) in [4.78, 5) is 8.83. The van der Waals surface area contributed by atoms with Gasteiger partial charge in [-0.1, -0.05) is 12.1 Å². The Morgan fingerprint density at radius 1 is 1.20 bits per heavy atom. The Bertz CT molecular complexity index is 738. The number of imidazole rings is 1. The van der Waals surface area contributed by atoms with Crippen LogP contribution in [0.4, 0.5) is 11.4 Å². The van der Waals surface area contributed by atoms with Gasteiger partial charge in [0.2, 0.25) is 0 Å². The minimum absolute atomic E-state index is 0.134. The monoisotopic (exact) mass is 292 g/mol. The van der Waals surface area contributed by atoms with Crippen LogP contribution in [-0.2, 0) is 10.0 Å². The molecule has 6 nitrogen and oxygen atoms in total. The van der Waals surface area contributed by atoms with Crippen molar-refractivity contribution in [1.29, 1.82) is 0 Å². The van der Waals surface area contributed by atoms with E-state index in [2.05, 4.69) is 14.9 Å². The summed E-state index contributed by atoms with van der Waals surface area (Å²) in [5.41, 5.74) is 1.62. The van der Waals surface area contributed by atoms with E-state index in [0.29, 0.717) is 24.6 Å². The number of rotatable bonds is 2. The zero-order valence-electron chi connectivity index (χ0n) is 11.4. The first kappa shape index (κ1) is 13.0. The van der Waals surface area contributed by atoms with Crippen LogP contribution in [0.3, 0.4) is 0 Å². The zero-order valence-corrected chi connectivity index (χ0v) is 12.2. The maximum absolute atomic E-state index is 12.7. The molecule has 0 aliphatic carbocycles. The van der Waals surface area contributed by atoms with Gasteiger partial charge in [0.25, 0.3) is 10.0 Å². The van der Waals surface area contributed by atoms with Gasteiger partial charge in [-0.3, -0.25) is 4.31 Å². The lowest BCUT2D eigenvalue weighted by molar-refractivity contribution is 0.586. The topological polar surface area (TPSA) is 69.3 Å². The lowest BCUT2D eigenvalue weighted by Crippen LogP contribution is -2.42. The summed E-state index contributed by atoms with van der Waals surface area (Å²) in [6.45, 7) is 2.81. The molecule has 0 fully saturated rings. The largest absolute Gasteiger partial charge is 0.371 e. The third kappa shape index (κ3) is 1.94. The summed E-state index contributed by atoms with van der Waals surface area (Å²) >= 11 is 0. The summed E-state index contributed by atoms with van der Waals surface area (Å²) in [5.74, 6) is 0.589. The van der Waals surface area contributed by atoms with Crippen molar-refractivity contribution in [2.45, 2.75) is 11.9 Å². The van der Waals surface area contributed by atoms with Gasteiger partial charge in [-0.2, -0.15) is 8.42 Å². The maximum atomic E-state index is 12.7. The van der Waals surface area contributed by atoms with Crippen molar-refractivity contribution in [3.63, 3.8) is 0 Å². The summed E-state index contributed by atoms with van der Waals surface area (Å²) in [6, 6.07) is 7.51. The highest BCUT2D eigenvalue weighted by Crippen LogP contribution is 2.34. The second-order valence-corrected chi connectivity index (χ2v) is 6.65. The first-order valence-electron chi connectivity index (χ1n) is 6.34. The van der Waals surface area contributed by atoms with E-state index in [0.717, 1.165) is 5.69 Å². The van der Waals surface area contributed by atoms with E-state index >= 15 is 0 Å². The summed E-state index contributed by atoms with van der Waals surface area (Å²) in [7, 11) is -1.63. The molecule has 2 heterocycles. The number of benzene rings is 1. The van der Waals surface area contributed by atoms with E-state index < -0.39 is 10.0 Å². The van der Waals surface area contributed by atoms with E-state index in [9.17, 15) is 8.42 Å². The maximum Gasteiger partial charge on any atom is 0.281 e. The summed E-state index contributed by atoms with van der Waals surface area (Å²) in [6.07, 6.45) is 1.37. The second-order valence-electron chi connectivity index (χ2n) is 4.82. The molecule has 0 radical (unpaired) electrons. The first-order valence-corrected chi connectivity index (χ1v) is 7.78. The molecule has 0 bridgehead atoms. The molecule has 1 N–H and O–H groups in total. The number of likely N-dealkylation sites (N-methyl/N-ethyl adjacent to an activating group) is 1. The molecule has 0 saturated heterocycles. The van der Waals surface area contributed by atoms with Gasteiger partial charge in [-0.05, 0) is 19.1 Å². The third-order valence-electron chi connectivity index (χ3n) is 3.45. The lowest BCUT2D eigenvalue weighted by atomic mass is 10.2. The Balaban J connectivity index is 2.10. The van der Waals surface area contributed by atoms with Gasteiger partial charge in [-0.25, -0.2) is 4.98 Å². The molecule has 0 atom stereocenters. The smallest absolute Gasteiger partial charge is 0.281 e. The third-order valence-corrected chi connectivity index (χ3v) is 5.17. The van der Waals surface area contributed by atoms with E-state index in [4.69, 9.17) is 0 Å². The van der Waals surface area contributed by atoms with Crippen LogP contribution in [0, 0.1) is 6.92 Å². The van der Waals surface area contributed by atoms with Gasteiger partial charge >= 0.3 is 0 Å². The molecule has 0 spiro atoms. The number of sulfonamides is 1. The average molecular weight is 292 g/mol. The SMILES string of the molecule is Cc1ncc(S(=O)(=O)N2CCN(C)c3ccccc32)[nH]1. The van der Waals surface area contributed by atoms with Gasteiger partial charge in [0.15, 0.2) is 5.03 Å². The Morgan fingerprint density at radius 3 is 2.55 bits per heavy atom. The molecule has 1 aromatic carbocycles. The van der Waals surface area contributed by atoms with Crippen molar-refractivity contribution >= 4 is 21.4 Å². The predicted molar refractivity (Wildman–Crippen MR) is 77.6 cm³/mol. The lowest BCUT2D eigenvalue weighted by Gasteiger charge is -2.35. The van der Waals surface area contributed by atoms with Crippen LogP contribution < -0.4 is 9.21 Å². The number of nitrogens with zero attached hydrogens (tertiary/aromatic N) is 3. The number of anilines is 2. The Kier molecular flexibility index (Phi) is 2.93. The van der Waals surface area contributed by atoms with Gasteiger partial charge in [0.1, 0.15) is 5.82 Å². The minimum atomic E-state index is -3.59. The van der Waals surface area contributed by atoms with Crippen molar-refractivity contribution < 1.29 is 8.42 Å². The Hall–Kier alpha value is -2.02. The molecule has 0 unspecified atom stereocenters. The number of aromatic amines is 1. The van der Waals surface area contributed by atoms with Gasteiger partial charge < -0.3 is 9.88 Å². The van der Waals surface area contributed by atoms with E-state index in [1.165, 1.54) is 10.5 Å². The molecule has 7 heteroatoms. The Labute approximate surface area is 118 Å². The number of hydrogen-bond acceptors (Lipinski definition) is 4. The van der Waals surface area contributed by atoms with Crippen LogP contribution in [0.15, 0.2) is 35.5 Å². The summed E-state index contributed by atoms with van der Waals surface area (Å²) in [5, 5.41) is 0.134. The number of aromatic nitrogens is 2. The molecule has 1 aliphatic heterocycles. The van der Waals surface area contributed by atoms with Crippen molar-refractivity contribution in [1.82, 2.24) is 9.97 Å². The van der Waals surface area contributed by atoms with Crippen LogP contribution in [0.25, 0.3) is 0 Å². The molecule has 2 aromatic rings. The molecule has 0 amide bonds. The van der Waals surface area contributed by atoms with Gasteiger partial charge in [-0.15, -0.1) is 0 Å². The number of hydrogen-bond donors (Lipinski definition) is 1. The Morgan fingerprint density at radius 2 is 1.90 bits per heavy atom. The fourth-order valence-corrected chi connectivity index (χ4v) is 3.81. The molecule has 3 rings (SSSR count). The van der Waals surface area contributed by atoms with Crippen LogP contribution in [-0.4, -0.2) is 38.5 Å². The highest BCUT2D eigenvalue weighted by atomic mass is 32.2. The second kappa shape index (κ2) is 4.52. The molecule has 1 aromatic heterocycles. The van der Waals surface area contributed by atoms with Crippen molar-refractivity contribution in [2.75, 3.05) is 29.3 Å². The normalized spacial score (nSPS) is 15.3. The number of H-pyrrole nitrogens is 1. The number of aryl methyl sites for hydroxylation is 1. The predicted octanol–water partition coefficient (Wildman–Crippen LogP) is 1.36. The number of para-hydroxylation sites is 2. The number of fused-ring (bicyclic) bond motifs is 1. The fraction of sp³-hybridized carbons (Fsp3) is 0.308. The summed E-state index contributed by atoms with van der Waals surface area (Å²) < 4.78 is 26.9. The van der Waals surface area contributed by atoms with Gasteiger partial charge in [0.05, 0.1) is 24.1 Å². The highest BCUT2D eigenvalue weighted by molar-refractivity contribution is 7.92. The van der Waals surface area contributed by atoms with Crippen molar-refractivity contribution in [3.8, 4) is 0 Å². The average Bonchev–Trinajstić information content (AvgIpc) is 2.87. The van der Waals surface area contributed by atoms with Crippen LogP contribution in [0.2, 0.25) is 0 Å². The fourth-order valence-electron chi connectivity index (χ4n) is 2.38. The van der Waals surface area contributed by atoms with Crippen LogP contribution in [0.5, 0.6) is 0 Å². The van der Waals surface area contributed by atoms with E-state index in [-0.39, 0.29) is 5.03 Å². The molecule has 0 saturated carbocycles. The zero-order chi connectivity index (χ0) is 14.3. The number of nitrogens with one attached hydrogen (secondary N) is 1. The van der Waals surface area contributed by atoms with E-state index in [1.807, 2.05) is 31.3 Å². The van der Waals surface area contributed by atoms with E-state index in [1.54, 1.807) is 6.92 Å². The van der Waals surface area contributed by atoms with Crippen LogP contribution in [0.1, 0.15) is 5.82 Å². The van der Waals surface area contributed by atoms with Gasteiger partial charge in [0, 0.05) is 13.6 Å². The standard InChI is InChI=1S/C13H16N4O2S/c1-10-14-9-13(15-10)20(18,19)17-8-7-16(2)11-5-3-4-6-12(11)17/h3-6,9H,7-8H2,1-2H3,(H,14,15). The van der Waals surface area contributed by atoms with Crippen LogP contribution >= 0.6 is 0 Å². The first-order chi connectivity index (χ1) is 9.50. The molecule has 1 aliphatic rings. The highest BCUT2D eigenvalue weighted by Gasteiger charge is 2.31. The molecule has 106 valence electrons. The van der Waals surface area contributed by atoms with Crippen molar-refractivity contribution in [3.05, 3.63) is 36.3 Å². The minimum Gasteiger partial charge on any atom is -0.371 e.